The van der Waals surface area contributed by atoms with E-state index in [4.69, 9.17) is 9.47 Å². The predicted octanol–water partition coefficient (Wildman–Crippen LogP) is 3.59. The number of halogens is 3. The van der Waals surface area contributed by atoms with Crippen LogP contribution in [0.1, 0.15) is 18.5 Å². The Morgan fingerprint density at radius 3 is 2.45 bits per heavy atom. The van der Waals surface area contributed by atoms with Crippen molar-refractivity contribution in [2.75, 3.05) is 44.7 Å². The van der Waals surface area contributed by atoms with Gasteiger partial charge in [0, 0.05) is 32.2 Å². The lowest BCUT2D eigenvalue weighted by molar-refractivity contribution is -0.141. The van der Waals surface area contributed by atoms with E-state index in [0.29, 0.717) is 38.3 Å². The van der Waals surface area contributed by atoms with Gasteiger partial charge in [-0.2, -0.15) is 18.2 Å². The molecule has 4 rings (SSSR count). The van der Waals surface area contributed by atoms with E-state index >= 15 is 0 Å². The molecule has 1 spiro atoms. The summed E-state index contributed by atoms with van der Waals surface area (Å²) in [6.07, 6.45) is -3.16. The summed E-state index contributed by atoms with van der Waals surface area (Å²) in [5.74, 6) is 0.328. The Morgan fingerprint density at radius 2 is 1.79 bits per heavy atom. The lowest BCUT2D eigenvalue weighted by Crippen LogP contribution is -2.56. The third-order valence-corrected chi connectivity index (χ3v) is 5.34. The highest BCUT2D eigenvalue weighted by Crippen LogP contribution is 2.35. The van der Waals surface area contributed by atoms with Gasteiger partial charge in [0.05, 0.1) is 12.2 Å². The highest BCUT2D eigenvalue weighted by atomic mass is 19.4. The van der Waals surface area contributed by atoms with E-state index in [1.54, 1.807) is 35.2 Å². The Morgan fingerprint density at radius 1 is 1.07 bits per heavy atom. The Balaban J connectivity index is 1.56. The van der Waals surface area contributed by atoms with Crippen LogP contribution in [0.15, 0.2) is 36.4 Å². The molecule has 2 aliphatic heterocycles. The Labute approximate surface area is 167 Å². The number of hydrogen-bond donors (Lipinski definition) is 0. The van der Waals surface area contributed by atoms with Crippen LogP contribution in [0, 0.1) is 0 Å². The van der Waals surface area contributed by atoms with Gasteiger partial charge in [-0.1, -0.05) is 18.2 Å². The molecule has 0 N–H and O–H groups in total. The summed E-state index contributed by atoms with van der Waals surface area (Å²) in [4.78, 5) is 12.0. The third kappa shape index (κ3) is 4.62. The van der Waals surface area contributed by atoms with Crippen LogP contribution in [0.2, 0.25) is 0 Å². The van der Waals surface area contributed by atoms with E-state index in [-0.39, 0.29) is 17.4 Å². The van der Waals surface area contributed by atoms with Crippen LogP contribution in [0.4, 0.5) is 19.1 Å². The monoisotopic (exact) mass is 408 g/mol. The second kappa shape index (κ2) is 7.79. The molecule has 2 aromatic rings. The molecule has 156 valence electrons. The molecule has 2 aliphatic rings. The first-order valence-corrected chi connectivity index (χ1v) is 9.60. The summed E-state index contributed by atoms with van der Waals surface area (Å²) >= 11 is 0. The minimum absolute atomic E-state index is 0.0322. The molecule has 1 aromatic carbocycles. The number of anilines is 1. The molecule has 0 amide bonds. The summed E-state index contributed by atoms with van der Waals surface area (Å²) in [5, 5.41) is 0. The van der Waals surface area contributed by atoms with E-state index in [9.17, 15) is 13.2 Å². The van der Waals surface area contributed by atoms with Gasteiger partial charge in [-0.05, 0) is 32.0 Å². The first-order valence-electron chi connectivity index (χ1n) is 9.60. The van der Waals surface area contributed by atoms with Crippen molar-refractivity contribution in [2.24, 2.45) is 0 Å². The number of hydrogen-bond acceptors (Lipinski definition) is 6. The fourth-order valence-electron chi connectivity index (χ4n) is 3.81. The van der Waals surface area contributed by atoms with Crippen molar-refractivity contribution in [3.8, 4) is 11.6 Å². The molecule has 0 unspecified atom stereocenters. The van der Waals surface area contributed by atoms with Crippen molar-refractivity contribution in [2.45, 2.75) is 24.6 Å². The molecule has 9 heteroatoms. The number of aromatic nitrogens is 2. The van der Waals surface area contributed by atoms with Gasteiger partial charge < -0.3 is 19.3 Å². The molecule has 0 radical (unpaired) electrons. The molecule has 0 bridgehead atoms. The van der Waals surface area contributed by atoms with Gasteiger partial charge in [0.1, 0.15) is 5.75 Å². The lowest BCUT2D eigenvalue weighted by Gasteiger charge is -2.46. The molecule has 2 fully saturated rings. The van der Waals surface area contributed by atoms with E-state index in [1.807, 2.05) is 0 Å². The number of likely N-dealkylation sites (N-methyl/N-ethyl adjacent to an activating group) is 1. The molecule has 6 nitrogen and oxygen atoms in total. The van der Waals surface area contributed by atoms with E-state index in [2.05, 4.69) is 21.9 Å². The Bertz CT molecular complexity index is 839. The Hall–Kier alpha value is -2.39. The molecule has 29 heavy (non-hydrogen) atoms. The van der Waals surface area contributed by atoms with Gasteiger partial charge in [-0.15, -0.1) is 0 Å². The molecule has 0 aliphatic carbocycles. The van der Waals surface area contributed by atoms with Crippen LogP contribution < -0.4 is 9.64 Å². The zero-order chi connectivity index (χ0) is 20.5. The van der Waals surface area contributed by atoms with Crippen molar-refractivity contribution in [3.63, 3.8) is 0 Å². The zero-order valence-corrected chi connectivity index (χ0v) is 16.2. The van der Waals surface area contributed by atoms with Crippen molar-refractivity contribution in [3.05, 3.63) is 42.1 Å². The quantitative estimate of drug-likeness (QED) is 0.774. The van der Waals surface area contributed by atoms with Crippen molar-refractivity contribution in [1.82, 2.24) is 14.9 Å². The largest absolute Gasteiger partial charge is 0.439 e. The average molecular weight is 408 g/mol. The van der Waals surface area contributed by atoms with Crippen LogP contribution in [0.5, 0.6) is 11.6 Å². The number of alkyl halides is 3. The molecule has 2 saturated heterocycles. The van der Waals surface area contributed by atoms with E-state index < -0.39 is 11.9 Å². The standard InChI is InChI=1S/C20H23F3N4O2/c1-26-11-12-28-19(14-26)7-9-27(10-8-19)18-24-16(20(21,22)23)13-17(25-18)29-15-5-3-2-4-6-15/h2-6,13H,7-12,14H2,1H3. The highest BCUT2D eigenvalue weighted by molar-refractivity contribution is 5.38. The number of para-hydroxylation sites is 1. The van der Waals surface area contributed by atoms with Crippen LogP contribution in [0.25, 0.3) is 0 Å². The smallest absolute Gasteiger partial charge is 0.433 e. The first-order chi connectivity index (χ1) is 13.8. The number of morpholine rings is 1. The van der Waals surface area contributed by atoms with Gasteiger partial charge in [-0.25, -0.2) is 4.98 Å². The summed E-state index contributed by atoms with van der Waals surface area (Å²) < 4.78 is 51.8. The molecular formula is C20H23F3N4O2. The summed E-state index contributed by atoms with van der Waals surface area (Å²) in [7, 11) is 2.06. The van der Waals surface area contributed by atoms with Gasteiger partial charge in [0.15, 0.2) is 5.69 Å². The van der Waals surface area contributed by atoms with Gasteiger partial charge in [0.2, 0.25) is 11.8 Å². The summed E-state index contributed by atoms with van der Waals surface area (Å²) in [6, 6.07) is 9.45. The van der Waals surface area contributed by atoms with Gasteiger partial charge >= 0.3 is 6.18 Å². The zero-order valence-electron chi connectivity index (χ0n) is 16.2. The second-order valence-electron chi connectivity index (χ2n) is 7.56. The normalized spacial score (nSPS) is 20.1. The maximum Gasteiger partial charge on any atom is 0.433 e. The topological polar surface area (TPSA) is 50.7 Å². The van der Waals surface area contributed by atoms with Gasteiger partial charge in [0.25, 0.3) is 0 Å². The second-order valence-corrected chi connectivity index (χ2v) is 7.56. The number of piperidine rings is 1. The summed E-state index contributed by atoms with van der Waals surface area (Å²) in [5.41, 5.74) is -1.25. The fraction of sp³-hybridized carbons (Fsp3) is 0.500. The molecule has 1 aromatic heterocycles. The number of benzene rings is 1. The third-order valence-electron chi connectivity index (χ3n) is 5.34. The Kier molecular flexibility index (Phi) is 5.35. The maximum absolute atomic E-state index is 13.4. The van der Waals surface area contributed by atoms with E-state index in [1.165, 1.54) is 0 Å². The fourth-order valence-corrected chi connectivity index (χ4v) is 3.81. The predicted molar refractivity (Wildman–Crippen MR) is 101 cm³/mol. The molecular weight excluding hydrogens is 385 g/mol. The maximum atomic E-state index is 13.4. The highest BCUT2D eigenvalue weighted by Gasteiger charge is 2.40. The first kappa shape index (κ1) is 19.9. The van der Waals surface area contributed by atoms with Crippen LogP contribution in [-0.4, -0.2) is 60.3 Å². The van der Waals surface area contributed by atoms with Crippen molar-refractivity contribution in [1.29, 1.82) is 0 Å². The van der Waals surface area contributed by atoms with Crippen molar-refractivity contribution >= 4 is 5.95 Å². The number of ether oxygens (including phenoxy) is 2. The van der Waals surface area contributed by atoms with Crippen LogP contribution >= 0.6 is 0 Å². The lowest BCUT2D eigenvalue weighted by atomic mass is 9.89. The number of nitrogens with zero attached hydrogens (tertiary/aromatic N) is 4. The minimum atomic E-state index is -4.58. The van der Waals surface area contributed by atoms with Crippen molar-refractivity contribution < 1.29 is 22.6 Å². The summed E-state index contributed by atoms with van der Waals surface area (Å²) in [6.45, 7) is 3.44. The van der Waals surface area contributed by atoms with Crippen LogP contribution in [0.3, 0.4) is 0 Å². The SMILES string of the molecule is CN1CCOC2(CCN(c3nc(Oc4ccccc4)cc(C(F)(F)F)n3)CC2)C1. The van der Waals surface area contributed by atoms with Gasteiger partial charge in [-0.3, -0.25) is 0 Å². The number of rotatable bonds is 3. The van der Waals surface area contributed by atoms with E-state index in [0.717, 1.165) is 19.2 Å². The average Bonchev–Trinajstić information content (AvgIpc) is 2.68. The molecule has 0 saturated carbocycles. The molecule has 0 atom stereocenters. The minimum Gasteiger partial charge on any atom is -0.439 e. The van der Waals surface area contributed by atoms with Crippen LogP contribution in [-0.2, 0) is 10.9 Å². The molecule has 3 heterocycles.